The van der Waals surface area contributed by atoms with Crippen molar-refractivity contribution in [3.8, 4) is 0 Å². The molecule has 1 rings (SSSR count). The van der Waals surface area contributed by atoms with E-state index in [1.54, 1.807) is 7.11 Å². The molecular weight excluding hydrogens is 182 g/mol. The number of hydrogen-bond donors (Lipinski definition) is 1. The maximum absolute atomic E-state index is 11.2. The Bertz CT molecular complexity index is 180. The SMILES string of the molecule is COCCCOC(=O)CC(N)C1CC1. The van der Waals surface area contributed by atoms with Crippen LogP contribution in [-0.2, 0) is 14.3 Å². The zero-order valence-electron chi connectivity index (χ0n) is 8.70. The Morgan fingerprint density at radius 2 is 2.21 bits per heavy atom. The molecule has 0 aliphatic heterocycles. The summed E-state index contributed by atoms with van der Waals surface area (Å²) in [4.78, 5) is 11.2. The summed E-state index contributed by atoms with van der Waals surface area (Å²) in [7, 11) is 1.63. The Balaban J connectivity index is 1.97. The van der Waals surface area contributed by atoms with Crippen molar-refractivity contribution in [3.63, 3.8) is 0 Å². The Morgan fingerprint density at radius 3 is 2.79 bits per heavy atom. The lowest BCUT2D eigenvalue weighted by Crippen LogP contribution is -2.27. The minimum atomic E-state index is -0.180. The van der Waals surface area contributed by atoms with Gasteiger partial charge in [-0.2, -0.15) is 0 Å². The van der Waals surface area contributed by atoms with Crippen molar-refractivity contribution in [2.45, 2.75) is 31.7 Å². The van der Waals surface area contributed by atoms with E-state index in [1.807, 2.05) is 0 Å². The van der Waals surface area contributed by atoms with Crippen LogP contribution >= 0.6 is 0 Å². The number of hydrogen-bond acceptors (Lipinski definition) is 4. The maximum atomic E-state index is 11.2. The zero-order valence-corrected chi connectivity index (χ0v) is 8.70. The van der Waals surface area contributed by atoms with Crippen LogP contribution in [0.25, 0.3) is 0 Å². The normalized spacial score (nSPS) is 17.9. The van der Waals surface area contributed by atoms with Crippen molar-refractivity contribution in [1.82, 2.24) is 0 Å². The van der Waals surface area contributed by atoms with Gasteiger partial charge in [0.1, 0.15) is 0 Å². The average molecular weight is 201 g/mol. The molecule has 82 valence electrons. The van der Waals surface area contributed by atoms with Crippen LogP contribution in [-0.4, -0.2) is 32.3 Å². The molecule has 0 radical (unpaired) electrons. The molecule has 1 aliphatic carbocycles. The Hall–Kier alpha value is -0.610. The van der Waals surface area contributed by atoms with Crippen LogP contribution in [0, 0.1) is 5.92 Å². The highest BCUT2D eigenvalue weighted by Gasteiger charge is 2.30. The van der Waals surface area contributed by atoms with Crippen molar-refractivity contribution in [3.05, 3.63) is 0 Å². The van der Waals surface area contributed by atoms with Gasteiger partial charge in [0, 0.05) is 26.2 Å². The van der Waals surface area contributed by atoms with E-state index in [0.29, 0.717) is 25.6 Å². The largest absolute Gasteiger partial charge is 0.466 e. The van der Waals surface area contributed by atoms with Crippen LogP contribution < -0.4 is 5.73 Å². The van der Waals surface area contributed by atoms with Crippen LogP contribution in [0.5, 0.6) is 0 Å². The van der Waals surface area contributed by atoms with Gasteiger partial charge in [0.15, 0.2) is 0 Å². The van der Waals surface area contributed by atoms with Crippen molar-refractivity contribution in [1.29, 1.82) is 0 Å². The Kier molecular flexibility index (Phi) is 4.90. The minimum absolute atomic E-state index is 0.00456. The number of rotatable bonds is 7. The number of carbonyl (C=O) groups excluding carboxylic acids is 1. The second-order valence-corrected chi connectivity index (χ2v) is 3.77. The van der Waals surface area contributed by atoms with E-state index < -0.39 is 0 Å². The highest BCUT2D eigenvalue weighted by molar-refractivity contribution is 5.70. The van der Waals surface area contributed by atoms with Crippen LogP contribution in [0.2, 0.25) is 0 Å². The van der Waals surface area contributed by atoms with Gasteiger partial charge in [0.2, 0.25) is 0 Å². The summed E-state index contributed by atoms with van der Waals surface area (Å²) < 4.78 is 9.83. The quantitative estimate of drug-likeness (QED) is 0.486. The molecule has 0 bridgehead atoms. The third kappa shape index (κ3) is 4.58. The summed E-state index contributed by atoms with van der Waals surface area (Å²) in [5, 5.41) is 0. The molecular formula is C10H19NO3. The minimum Gasteiger partial charge on any atom is -0.466 e. The summed E-state index contributed by atoms with van der Waals surface area (Å²) in [6.07, 6.45) is 3.44. The van der Waals surface area contributed by atoms with Gasteiger partial charge < -0.3 is 15.2 Å². The molecule has 0 heterocycles. The third-order valence-corrected chi connectivity index (χ3v) is 2.39. The van der Waals surface area contributed by atoms with Gasteiger partial charge in [-0.3, -0.25) is 4.79 Å². The molecule has 1 aliphatic rings. The first-order valence-corrected chi connectivity index (χ1v) is 5.14. The summed E-state index contributed by atoms with van der Waals surface area (Å²) >= 11 is 0. The molecule has 0 amide bonds. The second kappa shape index (κ2) is 5.98. The van der Waals surface area contributed by atoms with Crippen molar-refractivity contribution < 1.29 is 14.3 Å². The fourth-order valence-corrected chi connectivity index (χ4v) is 1.33. The Labute approximate surface area is 84.7 Å². The maximum Gasteiger partial charge on any atom is 0.307 e. The fourth-order valence-electron chi connectivity index (χ4n) is 1.33. The van der Waals surface area contributed by atoms with Crippen LogP contribution in [0.15, 0.2) is 0 Å². The standard InChI is InChI=1S/C10H19NO3/c1-13-5-2-6-14-10(12)7-9(11)8-3-4-8/h8-9H,2-7,11H2,1H3. The molecule has 0 spiro atoms. The van der Waals surface area contributed by atoms with E-state index in [0.717, 1.165) is 19.3 Å². The van der Waals surface area contributed by atoms with Crippen LogP contribution in [0.4, 0.5) is 0 Å². The van der Waals surface area contributed by atoms with E-state index in [2.05, 4.69) is 0 Å². The van der Waals surface area contributed by atoms with E-state index >= 15 is 0 Å². The highest BCUT2D eigenvalue weighted by Crippen LogP contribution is 2.32. The summed E-state index contributed by atoms with van der Waals surface area (Å²) in [6.45, 7) is 1.06. The van der Waals surface area contributed by atoms with Gasteiger partial charge in [-0.25, -0.2) is 0 Å². The predicted octanol–water partition coefficient (Wildman–Crippen LogP) is 0.694. The van der Waals surface area contributed by atoms with Crippen LogP contribution in [0.1, 0.15) is 25.7 Å². The molecule has 4 heteroatoms. The van der Waals surface area contributed by atoms with E-state index in [4.69, 9.17) is 15.2 Å². The first kappa shape index (κ1) is 11.5. The number of esters is 1. The summed E-state index contributed by atoms with van der Waals surface area (Å²) in [5.74, 6) is 0.377. The van der Waals surface area contributed by atoms with Gasteiger partial charge in [-0.05, 0) is 18.8 Å². The molecule has 2 N–H and O–H groups in total. The molecule has 0 saturated heterocycles. The molecule has 0 aromatic rings. The lowest BCUT2D eigenvalue weighted by Gasteiger charge is -2.09. The molecule has 1 atom stereocenters. The first-order valence-electron chi connectivity index (χ1n) is 5.14. The van der Waals surface area contributed by atoms with Gasteiger partial charge in [-0.15, -0.1) is 0 Å². The van der Waals surface area contributed by atoms with Crippen molar-refractivity contribution in [2.75, 3.05) is 20.3 Å². The number of methoxy groups -OCH3 is 1. The monoisotopic (exact) mass is 201 g/mol. The van der Waals surface area contributed by atoms with E-state index in [-0.39, 0.29) is 12.0 Å². The van der Waals surface area contributed by atoms with Gasteiger partial charge >= 0.3 is 5.97 Å². The second-order valence-electron chi connectivity index (χ2n) is 3.77. The fraction of sp³-hybridized carbons (Fsp3) is 0.900. The third-order valence-electron chi connectivity index (χ3n) is 2.39. The van der Waals surface area contributed by atoms with E-state index in [1.165, 1.54) is 0 Å². The predicted molar refractivity (Wildman–Crippen MR) is 52.8 cm³/mol. The van der Waals surface area contributed by atoms with E-state index in [9.17, 15) is 4.79 Å². The van der Waals surface area contributed by atoms with Gasteiger partial charge in [0.25, 0.3) is 0 Å². The topological polar surface area (TPSA) is 61.5 Å². The van der Waals surface area contributed by atoms with Crippen molar-refractivity contribution in [2.24, 2.45) is 11.7 Å². The molecule has 1 unspecified atom stereocenters. The number of carbonyl (C=O) groups is 1. The molecule has 0 aromatic carbocycles. The van der Waals surface area contributed by atoms with Crippen molar-refractivity contribution >= 4 is 5.97 Å². The lowest BCUT2D eigenvalue weighted by atomic mass is 10.1. The Morgan fingerprint density at radius 1 is 1.50 bits per heavy atom. The number of ether oxygens (including phenoxy) is 2. The van der Waals surface area contributed by atoms with Crippen LogP contribution in [0.3, 0.4) is 0 Å². The number of nitrogens with two attached hydrogens (primary N) is 1. The molecule has 1 saturated carbocycles. The average Bonchev–Trinajstić information content (AvgIpc) is 2.95. The summed E-state index contributed by atoms with van der Waals surface area (Å²) in [5.41, 5.74) is 5.78. The first-order chi connectivity index (χ1) is 6.74. The van der Waals surface area contributed by atoms with Gasteiger partial charge in [0.05, 0.1) is 13.0 Å². The highest BCUT2D eigenvalue weighted by atomic mass is 16.5. The molecule has 1 fully saturated rings. The molecule has 0 aromatic heterocycles. The molecule has 4 nitrogen and oxygen atoms in total. The lowest BCUT2D eigenvalue weighted by molar-refractivity contribution is -0.144. The smallest absolute Gasteiger partial charge is 0.307 e. The van der Waals surface area contributed by atoms with Gasteiger partial charge in [-0.1, -0.05) is 0 Å². The zero-order chi connectivity index (χ0) is 10.4. The summed E-state index contributed by atoms with van der Waals surface area (Å²) in [6, 6.07) is 0.00456. The molecule has 14 heavy (non-hydrogen) atoms.